The third kappa shape index (κ3) is 7.95. The van der Waals surface area contributed by atoms with Gasteiger partial charge in [0, 0.05) is 17.6 Å². The predicted octanol–water partition coefficient (Wildman–Crippen LogP) is 4.04. The molecule has 133 valence electrons. The van der Waals surface area contributed by atoms with E-state index in [2.05, 4.69) is 53.2 Å². The third-order valence-electron chi connectivity index (χ3n) is 2.68. The molecule has 1 aromatic heterocycles. The number of pyridine rings is 1. The molecule has 0 saturated carbocycles. The van der Waals surface area contributed by atoms with Crippen LogP contribution in [0.5, 0.6) is 5.75 Å². The van der Waals surface area contributed by atoms with E-state index in [0.717, 1.165) is 36.0 Å². The second kappa shape index (κ2) is 12.1. The Morgan fingerprint density at radius 3 is 2.46 bits per heavy atom. The molecule has 24 heavy (non-hydrogen) atoms. The van der Waals surface area contributed by atoms with Gasteiger partial charge in [0.2, 0.25) is 5.11 Å². The van der Waals surface area contributed by atoms with Crippen LogP contribution in [0.25, 0.3) is 5.43 Å². The van der Waals surface area contributed by atoms with Crippen LogP contribution in [0.1, 0.15) is 12.6 Å². The molecule has 2 rings (SSSR count). The number of thiol groups is 1. The van der Waals surface area contributed by atoms with Gasteiger partial charge in [-0.3, -0.25) is 4.98 Å². The van der Waals surface area contributed by atoms with Crippen LogP contribution in [0.2, 0.25) is 0 Å². The summed E-state index contributed by atoms with van der Waals surface area (Å²) in [7, 11) is 11.0. The Labute approximate surface area is 161 Å². The zero-order valence-corrected chi connectivity index (χ0v) is 16.2. The molecule has 0 saturated heterocycles. The Hall–Kier alpha value is -1.37. The number of hydrogen-bond donors (Lipinski definition) is 1. The average molecular weight is 435 g/mol. The van der Waals surface area contributed by atoms with E-state index in [0.29, 0.717) is 5.11 Å². The van der Waals surface area contributed by atoms with Crippen molar-refractivity contribution >= 4 is 48.9 Å². The first-order valence-electron chi connectivity index (χ1n) is 6.55. The molecule has 2 aromatic rings. The fourth-order valence-electron chi connectivity index (χ4n) is 1.58. The van der Waals surface area contributed by atoms with Crippen molar-refractivity contribution in [3.63, 3.8) is 0 Å². The SMILES string of the molecule is COc1ccc(NC(=[SH+])[N-]N=C(C)c2ccccn2)cc1.[Cl][Cu][Cl]. The van der Waals surface area contributed by atoms with Crippen LogP contribution in [0.3, 0.4) is 0 Å². The van der Waals surface area contributed by atoms with Gasteiger partial charge in [0.1, 0.15) is 5.75 Å². The first kappa shape index (κ1) is 20.7. The molecule has 0 fully saturated rings. The maximum absolute atomic E-state index is 5.10. The standard InChI is InChI=1S/C15H16N4OS.2ClH.Cu/c1-11(14-5-3-4-10-16-14)18-19-15(21)17-12-6-8-13(20-2)9-7-12;;;/h3-10H,1-2H3,(H2,16,17,19,21);2*1H;/q;;;+2/p-2. The Morgan fingerprint density at radius 2 is 1.92 bits per heavy atom. The number of nitrogens with zero attached hydrogens (tertiary/aromatic N) is 3. The van der Waals surface area contributed by atoms with Crippen LogP contribution < -0.4 is 10.1 Å². The molecular weight excluding hydrogens is 419 g/mol. The van der Waals surface area contributed by atoms with Crippen molar-refractivity contribution in [3.8, 4) is 5.75 Å². The maximum atomic E-state index is 5.10. The molecule has 0 aliphatic rings. The van der Waals surface area contributed by atoms with Crippen molar-refractivity contribution in [1.82, 2.24) is 4.98 Å². The first-order chi connectivity index (χ1) is 11.6. The third-order valence-corrected chi connectivity index (χ3v) is 2.88. The van der Waals surface area contributed by atoms with E-state index in [1.165, 1.54) is 0 Å². The number of aromatic nitrogens is 1. The molecule has 1 N–H and O–H groups in total. The summed E-state index contributed by atoms with van der Waals surface area (Å²) < 4.78 is 5.10. The molecule has 0 aliphatic heterocycles. The van der Waals surface area contributed by atoms with E-state index in [-0.39, 0.29) is 0 Å². The summed E-state index contributed by atoms with van der Waals surface area (Å²) in [6.45, 7) is 1.85. The average Bonchev–Trinajstić information content (AvgIpc) is 2.62. The van der Waals surface area contributed by atoms with Crippen LogP contribution in [-0.2, 0) is 25.4 Å². The van der Waals surface area contributed by atoms with E-state index < -0.39 is 0 Å². The van der Waals surface area contributed by atoms with Crippen LogP contribution in [-0.4, -0.2) is 22.9 Å². The van der Waals surface area contributed by atoms with Gasteiger partial charge in [0.25, 0.3) is 0 Å². The zero-order chi connectivity index (χ0) is 17.8. The minimum atomic E-state index is 0.399. The predicted molar refractivity (Wildman–Crippen MR) is 102 cm³/mol. The van der Waals surface area contributed by atoms with Gasteiger partial charge in [-0.05, 0) is 43.3 Å². The molecule has 0 aliphatic carbocycles. The Kier molecular flexibility index (Phi) is 10.4. The number of hydrogen-bond acceptors (Lipinski definition) is 3. The summed E-state index contributed by atoms with van der Waals surface area (Å²) in [4.78, 5) is 4.20. The quantitative estimate of drug-likeness (QED) is 0.197. The van der Waals surface area contributed by atoms with E-state index in [1.807, 2.05) is 49.4 Å². The number of anilines is 1. The van der Waals surface area contributed by atoms with Crippen LogP contribution >= 0.6 is 20.2 Å². The number of halogens is 2. The molecular formula is C15H16Cl2CuN4OS. The molecule has 0 bridgehead atoms. The minimum absolute atomic E-state index is 0.399. The molecule has 0 atom stereocenters. The number of nitrogens with one attached hydrogen (secondary N) is 1. The monoisotopic (exact) mass is 433 g/mol. The van der Waals surface area contributed by atoms with Gasteiger partial charge < -0.3 is 20.6 Å². The van der Waals surface area contributed by atoms with Crippen LogP contribution in [0.15, 0.2) is 53.8 Å². The molecule has 9 heteroatoms. The fourth-order valence-corrected chi connectivity index (χ4v) is 1.75. The molecule has 1 aromatic carbocycles. The fraction of sp³-hybridized carbons (Fsp3) is 0.133. The summed E-state index contributed by atoms with van der Waals surface area (Å²) in [5.74, 6) is 0.794. The van der Waals surface area contributed by atoms with E-state index in [9.17, 15) is 0 Å². The number of methoxy groups -OCH3 is 1. The summed E-state index contributed by atoms with van der Waals surface area (Å²) in [5, 5.41) is 7.53. The molecule has 0 radical (unpaired) electrons. The van der Waals surface area contributed by atoms with Crippen LogP contribution in [0.4, 0.5) is 5.69 Å². The van der Waals surface area contributed by atoms with Crippen molar-refractivity contribution in [1.29, 1.82) is 0 Å². The molecule has 1 heterocycles. The summed E-state index contributed by atoms with van der Waals surface area (Å²) in [6, 6.07) is 13.1. The second-order valence-corrected chi connectivity index (χ2v) is 6.20. The molecule has 5 nitrogen and oxygen atoms in total. The number of ether oxygens (including phenoxy) is 1. The Bertz CT molecular complexity index is 656. The Balaban J connectivity index is 0.000000891. The van der Waals surface area contributed by atoms with Crippen molar-refractivity contribution in [2.24, 2.45) is 5.10 Å². The van der Waals surface area contributed by atoms with Crippen molar-refractivity contribution < 1.29 is 17.9 Å². The van der Waals surface area contributed by atoms with Gasteiger partial charge in [-0.15, -0.1) is 0 Å². The van der Waals surface area contributed by atoms with Gasteiger partial charge in [0.15, 0.2) is 12.2 Å². The van der Waals surface area contributed by atoms with Crippen molar-refractivity contribution in [2.45, 2.75) is 6.92 Å². The summed E-state index contributed by atoms with van der Waals surface area (Å²) in [5.41, 5.74) is 6.39. The Morgan fingerprint density at radius 1 is 1.25 bits per heavy atom. The summed E-state index contributed by atoms with van der Waals surface area (Å²) in [6.07, 6.45) is 1.72. The summed E-state index contributed by atoms with van der Waals surface area (Å²) >= 11 is 5.01. The van der Waals surface area contributed by atoms with Gasteiger partial charge in [-0.25, -0.2) is 0 Å². The zero-order valence-electron chi connectivity index (χ0n) is 12.9. The normalized spacial score (nSPS) is 10.4. The molecule has 0 unspecified atom stereocenters. The van der Waals surface area contributed by atoms with Gasteiger partial charge in [-0.1, -0.05) is 6.07 Å². The van der Waals surface area contributed by atoms with Crippen molar-refractivity contribution in [2.75, 3.05) is 12.4 Å². The van der Waals surface area contributed by atoms with Crippen LogP contribution in [0, 0.1) is 0 Å². The molecule has 0 amide bonds. The molecule has 0 spiro atoms. The van der Waals surface area contributed by atoms with Crippen molar-refractivity contribution in [3.05, 3.63) is 59.8 Å². The second-order valence-electron chi connectivity index (χ2n) is 4.22. The topological polar surface area (TPSA) is 60.6 Å². The van der Waals surface area contributed by atoms with Gasteiger partial charge in [-0.2, -0.15) is 0 Å². The van der Waals surface area contributed by atoms with Gasteiger partial charge >= 0.3 is 33.3 Å². The first-order valence-corrected chi connectivity index (χ1v) is 9.59. The van der Waals surface area contributed by atoms with Gasteiger partial charge in [0.05, 0.1) is 12.8 Å². The van der Waals surface area contributed by atoms with E-state index in [4.69, 9.17) is 4.74 Å². The van der Waals surface area contributed by atoms with E-state index >= 15 is 0 Å². The number of benzene rings is 1. The number of rotatable bonds is 4. The van der Waals surface area contributed by atoms with E-state index in [1.54, 1.807) is 13.3 Å².